The number of carbonyl (C=O) groups is 3. The van der Waals surface area contributed by atoms with E-state index in [2.05, 4.69) is 10.3 Å². The Balaban J connectivity index is 1.92. The summed E-state index contributed by atoms with van der Waals surface area (Å²) in [6.45, 7) is 3.60. The molecule has 23 heavy (non-hydrogen) atoms. The summed E-state index contributed by atoms with van der Waals surface area (Å²) >= 11 is 1.28. The molecule has 0 fully saturated rings. The maximum absolute atomic E-state index is 12.6. The number of hydrogen-bond donors (Lipinski definition) is 1. The monoisotopic (exact) mass is 329 g/mol. The molecule has 6 nitrogen and oxygen atoms in total. The number of imide groups is 1. The van der Waals surface area contributed by atoms with Crippen LogP contribution in [0.4, 0.5) is 5.13 Å². The smallest absolute Gasteiger partial charge is 0.262 e. The Morgan fingerprint density at radius 2 is 1.78 bits per heavy atom. The van der Waals surface area contributed by atoms with Gasteiger partial charge in [0.2, 0.25) is 5.91 Å². The molecule has 1 N–H and O–H groups in total. The summed E-state index contributed by atoms with van der Waals surface area (Å²) < 4.78 is 0. The van der Waals surface area contributed by atoms with Crippen molar-refractivity contribution >= 4 is 34.2 Å². The zero-order valence-corrected chi connectivity index (χ0v) is 13.5. The van der Waals surface area contributed by atoms with Crippen molar-refractivity contribution in [3.63, 3.8) is 0 Å². The molecular weight excluding hydrogens is 314 g/mol. The van der Waals surface area contributed by atoms with Crippen molar-refractivity contribution in [1.29, 1.82) is 0 Å². The van der Waals surface area contributed by atoms with Gasteiger partial charge in [0.25, 0.3) is 11.8 Å². The molecule has 1 aromatic carbocycles. The average molecular weight is 329 g/mol. The van der Waals surface area contributed by atoms with Gasteiger partial charge in [-0.25, -0.2) is 4.98 Å². The van der Waals surface area contributed by atoms with E-state index in [9.17, 15) is 14.4 Å². The Kier molecular flexibility index (Phi) is 3.96. The van der Waals surface area contributed by atoms with E-state index < -0.39 is 23.8 Å². The van der Waals surface area contributed by atoms with Crippen LogP contribution in [0.15, 0.2) is 35.8 Å². The molecule has 0 saturated carbocycles. The molecule has 2 aromatic rings. The van der Waals surface area contributed by atoms with Gasteiger partial charge in [0.15, 0.2) is 5.13 Å². The number of nitrogens with one attached hydrogen (secondary N) is 1. The highest BCUT2D eigenvalue weighted by Gasteiger charge is 2.43. The summed E-state index contributed by atoms with van der Waals surface area (Å²) in [5, 5.41) is 4.85. The van der Waals surface area contributed by atoms with Crippen LogP contribution < -0.4 is 5.32 Å². The van der Waals surface area contributed by atoms with Crippen LogP contribution in [-0.4, -0.2) is 33.6 Å². The van der Waals surface area contributed by atoms with E-state index in [1.807, 2.05) is 0 Å². The SMILES string of the molecule is CC(C)[C@@H](C(=O)Nc1nccs1)N1C(=O)c2ccccc2C1=O. The molecule has 1 atom stereocenters. The molecule has 0 aliphatic carbocycles. The second-order valence-corrected chi connectivity index (χ2v) is 6.44. The summed E-state index contributed by atoms with van der Waals surface area (Å²) in [6.07, 6.45) is 1.58. The van der Waals surface area contributed by atoms with Gasteiger partial charge in [-0.1, -0.05) is 26.0 Å². The van der Waals surface area contributed by atoms with Crippen molar-refractivity contribution in [2.45, 2.75) is 19.9 Å². The van der Waals surface area contributed by atoms with Crippen molar-refractivity contribution in [3.8, 4) is 0 Å². The molecule has 0 bridgehead atoms. The Bertz CT molecular complexity index is 736. The predicted molar refractivity (Wildman–Crippen MR) is 86.3 cm³/mol. The fourth-order valence-electron chi connectivity index (χ4n) is 2.64. The third kappa shape index (κ3) is 2.63. The molecule has 3 amide bonds. The van der Waals surface area contributed by atoms with E-state index in [4.69, 9.17) is 0 Å². The third-order valence-corrected chi connectivity index (χ3v) is 4.35. The molecule has 0 saturated heterocycles. The fraction of sp³-hybridized carbons (Fsp3) is 0.250. The summed E-state index contributed by atoms with van der Waals surface area (Å²) in [6, 6.07) is 5.73. The van der Waals surface area contributed by atoms with Gasteiger partial charge in [0, 0.05) is 11.6 Å². The van der Waals surface area contributed by atoms with E-state index in [1.54, 1.807) is 49.7 Å². The van der Waals surface area contributed by atoms with Gasteiger partial charge in [0.1, 0.15) is 6.04 Å². The highest BCUT2D eigenvalue weighted by molar-refractivity contribution is 7.13. The first kappa shape index (κ1) is 15.4. The molecule has 3 rings (SSSR count). The zero-order valence-electron chi connectivity index (χ0n) is 12.6. The maximum atomic E-state index is 12.6. The molecule has 1 aromatic heterocycles. The Morgan fingerprint density at radius 1 is 1.17 bits per heavy atom. The van der Waals surface area contributed by atoms with Gasteiger partial charge in [-0.15, -0.1) is 11.3 Å². The molecule has 2 heterocycles. The number of nitrogens with zero attached hydrogens (tertiary/aromatic N) is 2. The van der Waals surface area contributed by atoms with Crippen molar-refractivity contribution < 1.29 is 14.4 Å². The van der Waals surface area contributed by atoms with Crippen molar-refractivity contribution in [1.82, 2.24) is 9.88 Å². The van der Waals surface area contributed by atoms with Crippen molar-refractivity contribution in [2.24, 2.45) is 5.92 Å². The lowest BCUT2D eigenvalue weighted by molar-refractivity contribution is -0.121. The molecule has 1 aliphatic heterocycles. The van der Waals surface area contributed by atoms with Crippen LogP contribution in [0, 0.1) is 5.92 Å². The lowest BCUT2D eigenvalue weighted by atomic mass is 10.0. The normalized spacial score (nSPS) is 15.0. The first-order valence-corrected chi connectivity index (χ1v) is 8.06. The zero-order chi connectivity index (χ0) is 16.6. The summed E-state index contributed by atoms with van der Waals surface area (Å²) in [7, 11) is 0. The van der Waals surface area contributed by atoms with Gasteiger partial charge in [-0.2, -0.15) is 0 Å². The molecule has 7 heteroatoms. The van der Waals surface area contributed by atoms with Crippen LogP contribution in [0.5, 0.6) is 0 Å². The molecule has 0 spiro atoms. The minimum atomic E-state index is -0.883. The highest BCUT2D eigenvalue weighted by atomic mass is 32.1. The van der Waals surface area contributed by atoms with Crippen LogP contribution >= 0.6 is 11.3 Å². The number of thiazole rings is 1. The summed E-state index contributed by atoms with van der Waals surface area (Å²) in [5.41, 5.74) is 0.676. The second kappa shape index (κ2) is 5.92. The quantitative estimate of drug-likeness (QED) is 0.874. The fourth-order valence-corrected chi connectivity index (χ4v) is 3.18. The molecule has 118 valence electrons. The van der Waals surface area contributed by atoms with Gasteiger partial charge in [-0.05, 0) is 18.1 Å². The van der Waals surface area contributed by atoms with Crippen LogP contribution in [-0.2, 0) is 4.79 Å². The first-order valence-electron chi connectivity index (χ1n) is 7.18. The molecule has 0 radical (unpaired) electrons. The Morgan fingerprint density at radius 3 is 2.26 bits per heavy atom. The molecule has 0 unspecified atom stereocenters. The van der Waals surface area contributed by atoms with Gasteiger partial charge < -0.3 is 5.32 Å². The van der Waals surface area contributed by atoms with E-state index in [0.29, 0.717) is 16.3 Å². The van der Waals surface area contributed by atoms with Gasteiger partial charge in [-0.3, -0.25) is 19.3 Å². The van der Waals surface area contributed by atoms with Crippen LogP contribution in [0.1, 0.15) is 34.6 Å². The number of hydrogen-bond acceptors (Lipinski definition) is 5. The van der Waals surface area contributed by atoms with Crippen LogP contribution in [0.2, 0.25) is 0 Å². The number of carbonyl (C=O) groups excluding carboxylic acids is 3. The second-order valence-electron chi connectivity index (χ2n) is 5.54. The Hall–Kier alpha value is -2.54. The number of fused-ring (bicyclic) bond motifs is 1. The number of amides is 3. The lowest BCUT2D eigenvalue weighted by Crippen LogP contribution is -2.50. The molecule has 1 aliphatic rings. The van der Waals surface area contributed by atoms with E-state index >= 15 is 0 Å². The van der Waals surface area contributed by atoms with Crippen LogP contribution in [0.25, 0.3) is 0 Å². The van der Waals surface area contributed by atoms with Gasteiger partial charge in [0.05, 0.1) is 11.1 Å². The predicted octanol–water partition coefficient (Wildman–Crippen LogP) is 2.40. The number of rotatable bonds is 4. The average Bonchev–Trinajstić information content (AvgIpc) is 3.10. The first-order chi connectivity index (χ1) is 11.0. The van der Waals surface area contributed by atoms with Crippen molar-refractivity contribution in [3.05, 3.63) is 47.0 Å². The highest BCUT2D eigenvalue weighted by Crippen LogP contribution is 2.27. The minimum Gasteiger partial charge on any atom is -0.300 e. The topological polar surface area (TPSA) is 79.4 Å². The summed E-state index contributed by atoms with van der Waals surface area (Å²) in [5.74, 6) is -1.50. The lowest BCUT2D eigenvalue weighted by Gasteiger charge is -2.27. The summed E-state index contributed by atoms with van der Waals surface area (Å²) in [4.78, 5) is 42.8. The third-order valence-electron chi connectivity index (χ3n) is 3.67. The maximum Gasteiger partial charge on any atom is 0.262 e. The minimum absolute atomic E-state index is 0.225. The Labute approximate surface area is 137 Å². The van der Waals surface area contributed by atoms with E-state index in [1.165, 1.54) is 11.3 Å². The van der Waals surface area contributed by atoms with Crippen molar-refractivity contribution in [2.75, 3.05) is 5.32 Å². The number of anilines is 1. The van der Waals surface area contributed by atoms with E-state index in [0.717, 1.165) is 4.90 Å². The van der Waals surface area contributed by atoms with E-state index in [-0.39, 0.29) is 5.92 Å². The standard InChI is InChI=1S/C16H15N3O3S/c1-9(2)12(13(20)18-16-17-7-8-23-16)19-14(21)10-5-3-4-6-11(10)15(19)22/h3-9,12H,1-2H3,(H,17,18,20)/t12-/m0/s1. The molecular formula is C16H15N3O3S. The largest absolute Gasteiger partial charge is 0.300 e. The van der Waals surface area contributed by atoms with Gasteiger partial charge >= 0.3 is 0 Å². The van der Waals surface area contributed by atoms with Crippen LogP contribution in [0.3, 0.4) is 0 Å². The number of benzene rings is 1. The number of aromatic nitrogens is 1.